The molecule has 0 bridgehead atoms. The number of hydrogen-bond donors (Lipinski definition) is 4. The fraction of sp³-hybridized carbons (Fsp3) is 0.333. The van der Waals surface area contributed by atoms with Crippen molar-refractivity contribution in [3.63, 3.8) is 0 Å². The zero-order chi connectivity index (χ0) is 20.8. The molecule has 154 valence electrons. The number of hydrogen-bond acceptors (Lipinski definition) is 6. The highest BCUT2D eigenvalue weighted by Gasteiger charge is 2.11. The van der Waals surface area contributed by atoms with E-state index in [1.807, 2.05) is 6.20 Å². The molecular weight excluding hydrogens is 375 g/mol. The Hall–Kier alpha value is -2.65. The predicted octanol–water partition coefficient (Wildman–Crippen LogP) is 1.79. The summed E-state index contributed by atoms with van der Waals surface area (Å²) < 4.78 is 15.3. The van der Waals surface area contributed by atoms with E-state index in [-0.39, 0.29) is 18.0 Å². The molecule has 0 saturated heterocycles. The number of imidazole rings is 1. The molecule has 0 spiro atoms. The number of nitrogens with one attached hydrogen (secondary N) is 1. The lowest BCUT2D eigenvalue weighted by Crippen LogP contribution is -2.19. The molecule has 2 aromatic heterocycles. The maximum absolute atomic E-state index is 13.2. The largest absolute Gasteiger partial charge is 0.390 e. The molecule has 0 aliphatic heterocycles. The molecule has 0 aliphatic rings. The van der Waals surface area contributed by atoms with Gasteiger partial charge in [-0.15, -0.1) is 0 Å². The number of benzene rings is 1. The normalized spacial score (nSPS) is 11.4. The standard InChI is InChI=1S/C21H25FN4O3/c1-2-19-10-24-20(26(19)12-14-3-5-16(22)6-4-14)11-23-9-17-7-15(21(28)29)8-18(13-27)25-17/h3-8,10,21,23,27-29H,2,9,11-13H2,1H3. The van der Waals surface area contributed by atoms with Crippen molar-refractivity contribution in [3.05, 3.63) is 82.4 Å². The summed E-state index contributed by atoms with van der Waals surface area (Å²) in [5.41, 5.74) is 3.31. The van der Waals surface area contributed by atoms with Crippen LogP contribution in [-0.2, 0) is 32.7 Å². The Labute approximate surface area is 168 Å². The van der Waals surface area contributed by atoms with Crippen molar-refractivity contribution in [2.75, 3.05) is 0 Å². The van der Waals surface area contributed by atoms with Crippen LogP contribution < -0.4 is 5.32 Å². The number of rotatable bonds is 9. The van der Waals surface area contributed by atoms with Crippen LogP contribution in [-0.4, -0.2) is 29.9 Å². The molecule has 1 aromatic carbocycles. The number of aromatic nitrogens is 3. The topological polar surface area (TPSA) is 103 Å². The van der Waals surface area contributed by atoms with Gasteiger partial charge in [0.15, 0.2) is 6.29 Å². The maximum Gasteiger partial charge on any atom is 0.178 e. The monoisotopic (exact) mass is 400 g/mol. The van der Waals surface area contributed by atoms with Gasteiger partial charge in [-0.05, 0) is 36.2 Å². The fourth-order valence-electron chi connectivity index (χ4n) is 3.14. The van der Waals surface area contributed by atoms with E-state index in [9.17, 15) is 19.7 Å². The first-order valence-corrected chi connectivity index (χ1v) is 9.45. The zero-order valence-electron chi connectivity index (χ0n) is 16.2. The minimum Gasteiger partial charge on any atom is -0.390 e. The quantitative estimate of drug-likeness (QED) is 0.409. The lowest BCUT2D eigenvalue weighted by atomic mass is 10.2. The third-order valence-electron chi connectivity index (χ3n) is 4.64. The summed E-state index contributed by atoms with van der Waals surface area (Å²) in [6.45, 7) is 3.22. The average Bonchev–Trinajstić information content (AvgIpc) is 3.11. The van der Waals surface area contributed by atoms with Gasteiger partial charge in [0.25, 0.3) is 0 Å². The van der Waals surface area contributed by atoms with Crippen molar-refractivity contribution in [2.45, 2.75) is 45.9 Å². The second-order valence-corrected chi connectivity index (χ2v) is 6.75. The number of aliphatic hydroxyl groups is 3. The molecule has 3 rings (SSSR count). The van der Waals surface area contributed by atoms with Gasteiger partial charge in [-0.25, -0.2) is 9.37 Å². The minimum atomic E-state index is -1.62. The molecule has 8 heteroatoms. The molecule has 0 saturated carbocycles. The van der Waals surface area contributed by atoms with Crippen LogP contribution in [0.5, 0.6) is 0 Å². The first-order valence-electron chi connectivity index (χ1n) is 9.45. The first-order chi connectivity index (χ1) is 14.0. The van der Waals surface area contributed by atoms with Gasteiger partial charge < -0.3 is 25.2 Å². The third-order valence-corrected chi connectivity index (χ3v) is 4.64. The van der Waals surface area contributed by atoms with E-state index in [0.29, 0.717) is 31.0 Å². The summed E-state index contributed by atoms with van der Waals surface area (Å²) in [5, 5.41) is 31.3. The molecule has 0 radical (unpaired) electrons. The summed E-state index contributed by atoms with van der Waals surface area (Å²) in [7, 11) is 0. The summed E-state index contributed by atoms with van der Waals surface area (Å²) in [4.78, 5) is 8.79. The molecule has 0 amide bonds. The summed E-state index contributed by atoms with van der Waals surface area (Å²) >= 11 is 0. The van der Waals surface area contributed by atoms with Gasteiger partial charge in [-0.2, -0.15) is 0 Å². The van der Waals surface area contributed by atoms with E-state index in [4.69, 9.17) is 0 Å². The SMILES string of the molecule is CCc1cnc(CNCc2cc(C(O)O)cc(CO)n2)n1Cc1ccc(F)cc1. The Morgan fingerprint density at radius 1 is 1.10 bits per heavy atom. The van der Waals surface area contributed by atoms with Crippen LogP contribution in [0, 0.1) is 5.82 Å². The number of halogens is 1. The molecule has 29 heavy (non-hydrogen) atoms. The van der Waals surface area contributed by atoms with Gasteiger partial charge in [-0.3, -0.25) is 4.98 Å². The third kappa shape index (κ3) is 5.45. The molecule has 7 nitrogen and oxygen atoms in total. The van der Waals surface area contributed by atoms with Crippen LogP contribution >= 0.6 is 0 Å². The van der Waals surface area contributed by atoms with Crippen LogP contribution in [0.1, 0.15) is 47.2 Å². The molecule has 0 unspecified atom stereocenters. The fourth-order valence-corrected chi connectivity index (χ4v) is 3.14. The van der Waals surface area contributed by atoms with Crippen molar-refractivity contribution < 1.29 is 19.7 Å². The summed E-state index contributed by atoms with van der Waals surface area (Å²) in [6.07, 6.45) is 1.04. The Morgan fingerprint density at radius 3 is 2.48 bits per heavy atom. The van der Waals surface area contributed by atoms with E-state index >= 15 is 0 Å². The molecule has 2 heterocycles. The molecule has 0 atom stereocenters. The molecular formula is C21H25FN4O3. The Kier molecular flexibility index (Phi) is 7.05. The second-order valence-electron chi connectivity index (χ2n) is 6.75. The van der Waals surface area contributed by atoms with Crippen molar-refractivity contribution in [1.29, 1.82) is 0 Å². The summed E-state index contributed by atoms with van der Waals surface area (Å²) in [6, 6.07) is 9.46. The maximum atomic E-state index is 13.2. The minimum absolute atomic E-state index is 0.262. The molecule has 4 N–H and O–H groups in total. The average molecular weight is 400 g/mol. The zero-order valence-corrected chi connectivity index (χ0v) is 16.2. The van der Waals surface area contributed by atoms with Gasteiger partial charge in [0.1, 0.15) is 11.6 Å². The van der Waals surface area contributed by atoms with Crippen molar-refractivity contribution in [3.8, 4) is 0 Å². The van der Waals surface area contributed by atoms with Crippen LogP contribution in [0.25, 0.3) is 0 Å². The van der Waals surface area contributed by atoms with Crippen LogP contribution in [0.2, 0.25) is 0 Å². The van der Waals surface area contributed by atoms with Gasteiger partial charge in [-0.1, -0.05) is 19.1 Å². The van der Waals surface area contributed by atoms with Gasteiger partial charge >= 0.3 is 0 Å². The van der Waals surface area contributed by atoms with Crippen molar-refractivity contribution in [2.24, 2.45) is 0 Å². The van der Waals surface area contributed by atoms with E-state index in [1.165, 1.54) is 18.2 Å². The predicted molar refractivity (Wildman–Crippen MR) is 105 cm³/mol. The van der Waals surface area contributed by atoms with Gasteiger partial charge in [0.05, 0.1) is 24.5 Å². The van der Waals surface area contributed by atoms with E-state index in [1.54, 1.807) is 18.2 Å². The number of pyridine rings is 1. The highest BCUT2D eigenvalue weighted by Crippen LogP contribution is 2.14. The van der Waals surface area contributed by atoms with Crippen molar-refractivity contribution in [1.82, 2.24) is 19.9 Å². The van der Waals surface area contributed by atoms with Gasteiger partial charge in [0, 0.05) is 30.5 Å². The van der Waals surface area contributed by atoms with E-state index < -0.39 is 6.29 Å². The lowest BCUT2D eigenvalue weighted by Gasteiger charge is -2.13. The van der Waals surface area contributed by atoms with E-state index in [2.05, 4.69) is 26.8 Å². The highest BCUT2D eigenvalue weighted by atomic mass is 19.1. The first kappa shape index (κ1) is 21.1. The Bertz CT molecular complexity index is 942. The van der Waals surface area contributed by atoms with Crippen molar-refractivity contribution >= 4 is 0 Å². The van der Waals surface area contributed by atoms with E-state index in [0.717, 1.165) is 23.5 Å². The molecule has 0 aliphatic carbocycles. The smallest absolute Gasteiger partial charge is 0.178 e. The Balaban J connectivity index is 1.70. The molecule has 3 aromatic rings. The second kappa shape index (κ2) is 9.71. The number of aliphatic hydroxyl groups excluding tert-OH is 2. The summed E-state index contributed by atoms with van der Waals surface area (Å²) in [5.74, 6) is 0.578. The van der Waals surface area contributed by atoms with Crippen LogP contribution in [0.4, 0.5) is 4.39 Å². The van der Waals surface area contributed by atoms with Gasteiger partial charge in [0.2, 0.25) is 0 Å². The number of nitrogens with zero attached hydrogens (tertiary/aromatic N) is 3. The highest BCUT2D eigenvalue weighted by molar-refractivity contribution is 5.22. The van der Waals surface area contributed by atoms with Crippen LogP contribution in [0.15, 0.2) is 42.6 Å². The Morgan fingerprint density at radius 2 is 1.83 bits per heavy atom. The van der Waals surface area contributed by atoms with Crippen LogP contribution in [0.3, 0.4) is 0 Å². The molecule has 0 fully saturated rings. The number of aryl methyl sites for hydroxylation is 1. The lowest BCUT2D eigenvalue weighted by molar-refractivity contribution is -0.0427.